The van der Waals surface area contributed by atoms with Crippen molar-refractivity contribution in [2.45, 2.75) is 38.8 Å². The summed E-state index contributed by atoms with van der Waals surface area (Å²) in [5, 5.41) is 2.98. The van der Waals surface area contributed by atoms with Crippen molar-refractivity contribution < 1.29 is 14.3 Å². The largest absolute Gasteiger partial charge is 0.497 e. The second-order valence-corrected chi connectivity index (χ2v) is 6.40. The highest BCUT2D eigenvalue weighted by atomic mass is 35.5. The van der Waals surface area contributed by atoms with Crippen molar-refractivity contribution in [1.29, 1.82) is 0 Å². The SMILES string of the molecule is COc1ccc(CNC(=O)C2CCN(C(=O)CC(C)N)CC2)cc1.Cl. The van der Waals surface area contributed by atoms with Gasteiger partial charge in [-0.25, -0.2) is 0 Å². The Bertz CT molecular complexity index is 555. The van der Waals surface area contributed by atoms with Crippen LogP contribution in [0.4, 0.5) is 0 Å². The van der Waals surface area contributed by atoms with Gasteiger partial charge < -0.3 is 20.7 Å². The van der Waals surface area contributed by atoms with E-state index < -0.39 is 0 Å². The molecule has 2 rings (SSSR count). The van der Waals surface area contributed by atoms with E-state index in [1.165, 1.54) is 0 Å². The number of nitrogens with two attached hydrogens (primary N) is 1. The molecule has 0 aliphatic carbocycles. The Labute approximate surface area is 155 Å². The van der Waals surface area contributed by atoms with Crippen LogP contribution in [0, 0.1) is 5.92 Å². The molecule has 1 saturated heterocycles. The van der Waals surface area contributed by atoms with Gasteiger partial charge in [-0.15, -0.1) is 12.4 Å². The first-order valence-electron chi connectivity index (χ1n) is 8.43. The molecule has 140 valence electrons. The molecule has 0 spiro atoms. The van der Waals surface area contributed by atoms with Crippen LogP contribution in [0.25, 0.3) is 0 Å². The smallest absolute Gasteiger partial charge is 0.224 e. The lowest BCUT2D eigenvalue weighted by molar-refractivity contribution is -0.135. The number of rotatable bonds is 6. The minimum absolute atomic E-state index is 0. The molecule has 3 N–H and O–H groups in total. The second-order valence-electron chi connectivity index (χ2n) is 6.40. The van der Waals surface area contributed by atoms with Crippen molar-refractivity contribution in [3.63, 3.8) is 0 Å². The van der Waals surface area contributed by atoms with E-state index in [-0.39, 0.29) is 36.2 Å². The number of piperidine rings is 1. The Morgan fingerprint density at radius 1 is 1.28 bits per heavy atom. The minimum atomic E-state index is -0.122. The number of nitrogens with zero attached hydrogens (tertiary/aromatic N) is 1. The molecule has 0 radical (unpaired) electrons. The van der Waals surface area contributed by atoms with Crippen LogP contribution < -0.4 is 15.8 Å². The van der Waals surface area contributed by atoms with Gasteiger partial charge in [0.1, 0.15) is 5.75 Å². The van der Waals surface area contributed by atoms with Crippen LogP contribution in [0.1, 0.15) is 31.7 Å². The molecule has 0 saturated carbocycles. The van der Waals surface area contributed by atoms with Gasteiger partial charge in [-0.05, 0) is 37.5 Å². The Hall–Kier alpha value is -1.79. The molecule has 1 aromatic rings. The van der Waals surface area contributed by atoms with Gasteiger partial charge in [-0.1, -0.05) is 12.1 Å². The highest BCUT2D eigenvalue weighted by Gasteiger charge is 2.27. The first-order chi connectivity index (χ1) is 11.5. The van der Waals surface area contributed by atoms with Gasteiger partial charge in [-0.3, -0.25) is 9.59 Å². The predicted octanol–water partition coefficient (Wildman–Crippen LogP) is 1.71. The third kappa shape index (κ3) is 6.55. The van der Waals surface area contributed by atoms with Crippen molar-refractivity contribution >= 4 is 24.2 Å². The van der Waals surface area contributed by atoms with Crippen molar-refractivity contribution in [1.82, 2.24) is 10.2 Å². The summed E-state index contributed by atoms with van der Waals surface area (Å²) in [5.41, 5.74) is 6.70. The molecule has 1 fully saturated rings. The summed E-state index contributed by atoms with van der Waals surface area (Å²) < 4.78 is 5.12. The Morgan fingerprint density at radius 2 is 1.88 bits per heavy atom. The number of carbonyl (C=O) groups is 2. The fourth-order valence-electron chi connectivity index (χ4n) is 2.87. The molecule has 2 amide bonds. The topological polar surface area (TPSA) is 84.7 Å². The van der Waals surface area contributed by atoms with Gasteiger partial charge in [0.05, 0.1) is 7.11 Å². The number of hydrogen-bond acceptors (Lipinski definition) is 4. The van der Waals surface area contributed by atoms with Crippen LogP contribution in [0.5, 0.6) is 5.75 Å². The Morgan fingerprint density at radius 3 is 2.40 bits per heavy atom. The van der Waals surface area contributed by atoms with Crippen LogP contribution in [0.3, 0.4) is 0 Å². The Balaban J connectivity index is 0.00000312. The number of ether oxygens (including phenoxy) is 1. The number of benzene rings is 1. The number of nitrogens with one attached hydrogen (secondary N) is 1. The number of amides is 2. The molecule has 1 unspecified atom stereocenters. The predicted molar refractivity (Wildman–Crippen MR) is 99.7 cm³/mol. The summed E-state index contributed by atoms with van der Waals surface area (Å²) in [6.45, 7) is 3.60. The van der Waals surface area contributed by atoms with Gasteiger partial charge in [0.15, 0.2) is 0 Å². The molecule has 0 aromatic heterocycles. The van der Waals surface area contributed by atoms with Crippen molar-refractivity contribution in [2.24, 2.45) is 11.7 Å². The average Bonchev–Trinajstić information content (AvgIpc) is 2.59. The van der Waals surface area contributed by atoms with E-state index in [0.717, 1.165) is 11.3 Å². The maximum Gasteiger partial charge on any atom is 0.224 e. The number of likely N-dealkylation sites (tertiary alicyclic amines) is 1. The summed E-state index contributed by atoms with van der Waals surface area (Å²) in [5.74, 6) is 0.920. The molecule has 0 bridgehead atoms. The molecule has 1 aliphatic heterocycles. The van der Waals surface area contributed by atoms with Crippen molar-refractivity contribution in [2.75, 3.05) is 20.2 Å². The van der Waals surface area contributed by atoms with Crippen molar-refractivity contribution in [3.8, 4) is 5.75 Å². The maximum atomic E-state index is 12.3. The van der Waals surface area contributed by atoms with E-state index in [9.17, 15) is 9.59 Å². The summed E-state index contributed by atoms with van der Waals surface area (Å²) >= 11 is 0. The lowest BCUT2D eigenvalue weighted by atomic mass is 9.95. The lowest BCUT2D eigenvalue weighted by Gasteiger charge is -2.31. The van der Waals surface area contributed by atoms with Gasteiger partial charge in [0.25, 0.3) is 0 Å². The monoisotopic (exact) mass is 369 g/mol. The molecule has 25 heavy (non-hydrogen) atoms. The highest BCUT2D eigenvalue weighted by Crippen LogP contribution is 2.18. The van der Waals surface area contributed by atoms with E-state index in [1.54, 1.807) is 7.11 Å². The molecule has 1 aliphatic rings. The number of carbonyl (C=O) groups excluding carboxylic acids is 2. The summed E-state index contributed by atoms with van der Waals surface area (Å²) in [6, 6.07) is 7.51. The fraction of sp³-hybridized carbons (Fsp3) is 0.556. The zero-order valence-corrected chi connectivity index (χ0v) is 15.7. The molecule has 1 atom stereocenters. The van der Waals surface area contributed by atoms with Gasteiger partial charge in [0, 0.05) is 38.0 Å². The van der Waals surface area contributed by atoms with Gasteiger partial charge in [-0.2, -0.15) is 0 Å². The van der Waals surface area contributed by atoms with Gasteiger partial charge >= 0.3 is 0 Å². The van der Waals surface area contributed by atoms with E-state index >= 15 is 0 Å². The second kappa shape index (κ2) is 10.3. The maximum absolute atomic E-state index is 12.3. The zero-order chi connectivity index (χ0) is 17.5. The Kier molecular flexibility index (Phi) is 8.72. The molecule has 7 heteroatoms. The van der Waals surface area contributed by atoms with E-state index in [4.69, 9.17) is 10.5 Å². The fourth-order valence-corrected chi connectivity index (χ4v) is 2.87. The normalized spacial score (nSPS) is 15.9. The lowest BCUT2D eigenvalue weighted by Crippen LogP contribution is -2.44. The van der Waals surface area contributed by atoms with E-state index in [1.807, 2.05) is 36.1 Å². The zero-order valence-electron chi connectivity index (χ0n) is 14.9. The third-order valence-corrected chi connectivity index (χ3v) is 4.34. The summed E-state index contributed by atoms with van der Waals surface area (Å²) in [6.07, 6.45) is 1.78. The van der Waals surface area contributed by atoms with E-state index in [2.05, 4.69) is 5.32 Å². The first-order valence-corrected chi connectivity index (χ1v) is 8.43. The standard InChI is InChI=1S/C18H27N3O3.ClH/c1-13(19)11-17(22)21-9-7-15(8-10-21)18(23)20-12-14-3-5-16(24-2)6-4-14;/h3-6,13,15H,7-12,19H2,1-2H3,(H,20,23);1H. The number of methoxy groups -OCH3 is 1. The quantitative estimate of drug-likeness (QED) is 0.799. The average molecular weight is 370 g/mol. The summed E-state index contributed by atoms with van der Waals surface area (Å²) in [7, 11) is 1.63. The third-order valence-electron chi connectivity index (χ3n) is 4.34. The molecule has 1 aromatic carbocycles. The van der Waals surface area contributed by atoms with Crippen LogP contribution in [0.15, 0.2) is 24.3 Å². The minimum Gasteiger partial charge on any atom is -0.497 e. The number of halogens is 1. The van der Waals surface area contributed by atoms with E-state index in [0.29, 0.717) is 38.9 Å². The van der Waals surface area contributed by atoms with Gasteiger partial charge in [0.2, 0.25) is 11.8 Å². The first kappa shape index (κ1) is 21.3. The molecular formula is C18H28ClN3O3. The molecular weight excluding hydrogens is 342 g/mol. The van der Waals surface area contributed by atoms with Crippen LogP contribution in [0.2, 0.25) is 0 Å². The van der Waals surface area contributed by atoms with Crippen LogP contribution in [-0.4, -0.2) is 43.0 Å². The van der Waals surface area contributed by atoms with Crippen LogP contribution >= 0.6 is 12.4 Å². The number of hydrogen-bond donors (Lipinski definition) is 2. The van der Waals surface area contributed by atoms with Crippen LogP contribution in [-0.2, 0) is 16.1 Å². The molecule has 6 nitrogen and oxygen atoms in total. The summed E-state index contributed by atoms with van der Waals surface area (Å²) in [4.78, 5) is 26.1. The molecule has 1 heterocycles. The highest BCUT2D eigenvalue weighted by molar-refractivity contribution is 5.85. The van der Waals surface area contributed by atoms with Crippen molar-refractivity contribution in [3.05, 3.63) is 29.8 Å².